The van der Waals surface area contributed by atoms with Crippen LogP contribution in [-0.2, 0) is 4.79 Å². The molecule has 5 nitrogen and oxygen atoms in total. The quantitative estimate of drug-likeness (QED) is 0.915. The van der Waals surface area contributed by atoms with Gasteiger partial charge in [-0.15, -0.1) is 0 Å². The van der Waals surface area contributed by atoms with Gasteiger partial charge in [0, 0.05) is 43.9 Å². The van der Waals surface area contributed by atoms with E-state index in [1.165, 1.54) is 7.11 Å². The largest absolute Gasteiger partial charge is 0.504 e. The van der Waals surface area contributed by atoms with Gasteiger partial charge in [-0.1, -0.05) is 12.1 Å². The number of benzene rings is 2. The molecule has 0 saturated carbocycles. The van der Waals surface area contributed by atoms with Crippen LogP contribution in [0.2, 0.25) is 0 Å². The molecule has 0 aromatic heterocycles. The van der Waals surface area contributed by atoms with E-state index in [-0.39, 0.29) is 17.6 Å². The SMILES string of the molecule is COc1cc2c(cc1O)NC(=O)C[C@@H]2c1ccc(N(C)C)cc1. The molecule has 1 aliphatic heterocycles. The standard InChI is InChI=1S/C18H20N2O3/c1-20(2)12-6-4-11(5-7-12)13-9-18(22)19-15-10-16(21)17(23-3)8-14(13)15/h4-8,10,13,21H,9H2,1-3H3,(H,19,22)/t13-/m1/s1. The van der Waals surface area contributed by atoms with Gasteiger partial charge < -0.3 is 20.1 Å². The van der Waals surface area contributed by atoms with E-state index in [2.05, 4.69) is 5.32 Å². The maximum absolute atomic E-state index is 12.0. The summed E-state index contributed by atoms with van der Waals surface area (Å²) >= 11 is 0. The number of methoxy groups -OCH3 is 1. The first-order valence-corrected chi connectivity index (χ1v) is 7.47. The van der Waals surface area contributed by atoms with E-state index in [0.29, 0.717) is 17.9 Å². The second kappa shape index (κ2) is 5.83. The highest BCUT2D eigenvalue weighted by molar-refractivity contribution is 5.96. The average molecular weight is 312 g/mol. The van der Waals surface area contributed by atoms with Crippen molar-refractivity contribution in [2.75, 3.05) is 31.4 Å². The van der Waals surface area contributed by atoms with Crippen molar-refractivity contribution in [3.8, 4) is 11.5 Å². The zero-order valence-electron chi connectivity index (χ0n) is 13.5. The molecule has 1 amide bonds. The molecular formula is C18H20N2O3. The van der Waals surface area contributed by atoms with Crippen molar-refractivity contribution in [2.24, 2.45) is 0 Å². The van der Waals surface area contributed by atoms with Crippen molar-refractivity contribution in [2.45, 2.75) is 12.3 Å². The lowest BCUT2D eigenvalue weighted by Crippen LogP contribution is -2.23. The van der Waals surface area contributed by atoms with Gasteiger partial charge in [-0.2, -0.15) is 0 Å². The molecule has 3 rings (SSSR count). The number of hydrogen-bond acceptors (Lipinski definition) is 4. The third kappa shape index (κ3) is 2.82. The summed E-state index contributed by atoms with van der Waals surface area (Å²) in [6.07, 6.45) is 0.377. The van der Waals surface area contributed by atoms with Crippen LogP contribution in [0.5, 0.6) is 11.5 Å². The second-order valence-corrected chi connectivity index (χ2v) is 5.90. The molecule has 0 aliphatic carbocycles. The lowest BCUT2D eigenvalue weighted by molar-refractivity contribution is -0.116. The number of ether oxygens (including phenoxy) is 1. The summed E-state index contributed by atoms with van der Waals surface area (Å²) in [5.74, 6) is 0.332. The molecule has 0 bridgehead atoms. The maximum atomic E-state index is 12.0. The Hall–Kier alpha value is -2.69. The summed E-state index contributed by atoms with van der Waals surface area (Å²) in [6, 6.07) is 11.5. The fourth-order valence-corrected chi connectivity index (χ4v) is 2.94. The Labute approximate surface area is 135 Å². The number of nitrogens with zero attached hydrogens (tertiary/aromatic N) is 1. The Morgan fingerprint density at radius 2 is 1.91 bits per heavy atom. The number of carbonyl (C=O) groups is 1. The van der Waals surface area contributed by atoms with Gasteiger partial charge in [0.1, 0.15) is 0 Å². The highest BCUT2D eigenvalue weighted by Crippen LogP contribution is 2.42. The molecule has 1 atom stereocenters. The van der Waals surface area contributed by atoms with Gasteiger partial charge in [-0.25, -0.2) is 0 Å². The number of nitrogens with one attached hydrogen (secondary N) is 1. The summed E-state index contributed by atoms with van der Waals surface area (Å²) in [7, 11) is 5.50. The molecule has 1 aliphatic rings. The molecule has 2 aromatic rings. The molecule has 2 N–H and O–H groups in total. The van der Waals surface area contributed by atoms with Crippen LogP contribution in [0.15, 0.2) is 36.4 Å². The summed E-state index contributed by atoms with van der Waals surface area (Å²) in [5.41, 5.74) is 3.77. The Kier molecular flexibility index (Phi) is 3.86. The number of phenolic OH excluding ortho intramolecular Hbond substituents is 1. The van der Waals surface area contributed by atoms with Crippen LogP contribution in [-0.4, -0.2) is 32.2 Å². The molecule has 23 heavy (non-hydrogen) atoms. The first kappa shape index (κ1) is 15.2. The smallest absolute Gasteiger partial charge is 0.225 e. The summed E-state index contributed by atoms with van der Waals surface area (Å²) in [4.78, 5) is 14.1. The minimum Gasteiger partial charge on any atom is -0.504 e. The molecule has 5 heteroatoms. The molecule has 1 heterocycles. The zero-order valence-corrected chi connectivity index (χ0v) is 13.5. The van der Waals surface area contributed by atoms with Crippen LogP contribution < -0.4 is 15.0 Å². The number of amides is 1. The topological polar surface area (TPSA) is 61.8 Å². The molecule has 0 unspecified atom stereocenters. The van der Waals surface area contributed by atoms with Gasteiger partial charge in [-0.3, -0.25) is 4.79 Å². The maximum Gasteiger partial charge on any atom is 0.225 e. The minimum atomic E-state index is -0.0521. The van der Waals surface area contributed by atoms with Crippen LogP contribution >= 0.6 is 0 Å². The van der Waals surface area contributed by atoms with Crippen molar-refractivity contribution in [1.82, 2.24) is 0 Å². The van der Waals surface area contributed by atoms with Gasteiger partial charge in [0.05, 0.1) is 7.11 Å². The molecular weight excluding hydrogens is 292 g/mol. The molecule has 0 spiro atoms. The summed E-state index contributed by atoms with van der Waals surface area (Å²) < 4.78 is 5.20. The van der Waals surface area contributed by atoms with E-state index in [4.69, 9.17) is 4.74 Å². The molecule has 120 valence electrons. The third-order valence-corrected chi connectivity index (χ3v) is 4.20. The summed E-state index contributed by atoms with van der Waals surface area (Å²) in [5, 5.41) is 12.7. The van der Waals surface area contributed by atoms with Crippen molar-refractivity contribution < 1.29 is 14.6 Å². The zero-order chi connectivity index (χ0) is 16.6. The Morgan fingerprint density at radius 1 is 1.22 bits per heavy atom. The van der Waals surface area contributed by atoms with Crippen molar-refractivity contribution >= 4 is 17.3 Å². The Bertz CT molecular complexity index is 739. The average Bonchev–Trinajstić information content (AvgIpc) is 2.53. The monoisotopic (exact) mass is 312 g/mol. The predicted octanol–water partition coefficient (Wildman–Crippen LogP) is 2.94. The van der Waals surface area contributed by atoms with Crippen LogP contribution in [0.1, 0.15) is 23.5 Å². The highest BCUT2D eigenvalue weighted by atomic mass is 16.5. The number of fused-ring (bicyclic) bond motifs is 1. The van der Waals surface area contributed by atoms with Crippen LogP contribution in [0, 0.1) is 0 Å². The summed E-state index contributed by atoms with van der Waals surface area (Å²) in [6.45, 7) is 0. The first-order valence-electron chi connectivity index (χ1n) is 7.47. The molecule has 0 radical (unpaired) electrons. The number of phenols is 1. The Balaban J connectivity index is 2.05. The van der Waals surface area contributed by atoms with Crippen LogP contribution in [0.4, 0.5) is 11.4 Å². The van der Waals surface area contributed by atoms with E-state index in [0.717, 1.165) is 16.8 Å². The lowest BCUT2D eigenvalue weighted by Gasteiger charge is -2.27. The van der Waals surface area contributed by atoms with Crippen molar-refractivity contribution in [1.29, 1.82) is 0 Å². The van der Waals surface area contributed by atoms with Crippen LogP contribution in [0.25, 0.3) is 0 Å². The highest BCUT2D eigenvalue weighted by Gasteiger charge is 2.28. The number of anilines is 2. The van der Waals surface area contributed by atoms with Gasteiger partial charge in [0.2, 0.25) is 5.91 Å². The third-order valence-electron chi connectivity index (χ3n) is 4.20. The van der Waals surface area contributed by atoms with Gasteiger partial charge in [0.15, 0.2) is 11.5 Å². The fraction of sp³-hybridized carbons (Fsp3) is 0.278. The van der Waals surface area contributed by atoms with Gasteiger partial charge in [0.25, 0.3) is 0 Å². The van der Waals surface area contributed by atoms with Crippen molar-refractivity contribution in [3.63, 3.8) is 0 Å². The normalized spacial score (nSPS) is 16.5. The van der Waals surface area contributed by atoms with Crippen molar-refractivity contribution in [3.05, 3.63) is 47.5 Å². The predicted molar refractivity (Wildman–Crippen MR) is 90.5 cm³/mol. The number of aromatic hydroxyl groups is 1. The van der Waals surface area contributed by atoms with Gasteiger partial charge in [-0.05, 0) is 29.3 Å². The van der Waals surface area contributed by atoms with E-state index in [1.807, 2.05) is 43.3 Å². The van der Waals surface area contributed by atoms with Crippen LogP contribution in [0.3, 0.4) is 0 Å². The van der Waals surface area contributed by atoms with Gasteiger partial charge >= 0.3 is 0 Å². The lowest BCUT2D eigenvalue weighted by atomic mass is 9.84. The molecule has 0 saturated heterocycles. The second-order valence-electron chi connectivity index (χ2n) is 5.90. The fourth-order valence-electron chi connectivity index (χ4n) is 2.94. The van der Waals surface area contributed by atoms with E-state index < -0.39 is 0 Å². The number of hydrogen-bond donors (Lipinski definition) is 2. The molecule has 2 aromatic carbocycles. The van der Waals surface area contributed by atoms with E-state index in [9.17, 15) is 9.90 Å². The van der Waals surface area contributed by atoms with E-state index in [1.54, 1.807) is 12.1 Å². The minimum absolute atomic E-state index is 0.0233. The molecule has 0 fully saturated rings. The first-order chi connectivity index (χ1) is 11.0. The van der Waals surface area contributed by atoms with E-state index >= 15 is 0 Å². The number of rotatable bonds is 3. The Morgan fingerprint density at radius 3 is 2.52 bits per heavy atom. The number of carbonyl (C=O) groups excluding carboxylic acids is 1.